The van der Waals surface area contributed by atoms with E-state index in [1.807, 2.05) is 18.2 Å². The highest BCUT2D eigenvalue weighted by atomic mass is 35.5. The summed E-state index contributed by atoms with van der Waals surface area (Å²) in [7, 11) is 0. The van der Waals surface area contributed by atoms with Crippen molar-refractivity contribution in [2.24, 2.45) is 0 Å². The summed E-state index contributed by atoms with van der Waals surface area (Å²) in [6.07, 6.45) is 5.74. The Labute approximate surface area is 176 Å². The lowest BCUT2D eigenvalue weighted by molar-refractivity contribution is 0.221. The molecule has 1 aromatic carbocycles. The molecule has 0 unspecified atom stereocenters. The molecule has 1 atom stereocenters. The standard InChI is InChI=1S/C21H17ClFN5O2/c22-16-10-14(3-4-17(16)23)25-21(29)27-8-5-15(11-27)28-19(13-6-9-30-12-13)26-18-2-1-7-24-20(18)28/h1-4,6-7,9-10,12,15H,5,8,11H2,(H,25,29)/t15-/m0/s1. The SMILES string of the molecule is O=C(Nc1ccc(F)c(Cl)c1)N1CC[C@H](n2c(-c3ccoc3)nc3cccnc32)C1. The Bertz CT molecular complexity index is 1220. The first-order valence-corrected chi connectivity index (χ1v) is 9.84. The van der Waals surface area contributed by atoms with Gasteiger partial charge >= 0.3 is 6.03 Å². The van der Waals surface area contributed by atoms with Crippen molar-refractivity contribution in [2.75, 3.05) is 18.4 Å². The second-order valence-electron chi connectivity index (χ2n) is 7.11. The van der Waals surface area contributed by atoms with Gasteiger partial charge in [-0.2, -0.15) is 0 Å². The van der Waals surface area contributed by atoms with Crippen molar-refractivity contribution in [3.63, 3.8) is 0 Å². The van der Waals surface area contributed by atoms with E-state index < -0.39 is 5.82 Å². The molecule has 0 bridgehead atoms. The summed E-state index contributed by atoms with van der Waals surface area (Å²) in [5, 5.41) is 2.74. The highest BCUT2D eigenvalue weighted by Crippen LogP contribution is 2.32. The first-order chi connectivity index (χ1) is 14.6. The molecule has 4 heterocycles. The highest BCUT2D eigenvalue weighted by molar-refractivity contribution is 6.31. The maximum Gasteiger partial charge on any atom is 0.321 e. The molecule has 1 N–H and O–H groups in total. The van der Waals surface area contributed by atoms with Crippen LogP contribution in [-0.2, 0) is 0 Å². The molecule has 9 heteroatoms. The Balaban J connectivity index is 1.40. The fourth-order valence-corrected chi connectivity index (χ4v) is 3.96. The lowest BCUT2D eigenvalue weighted by atomic mass is 10.2. The van der Waals surface area contributed by atoms with Gasteiger partial charge in [0.05, 0.1) is 22.9 Å². The van der Waals surface area contributed by atoms with Crippen LogP contribution in [0.25, 0.3) is 22.6 Å². The van der Waals surface area contributed by atoms with Crippen LogP contribution in [0.2, 0.25) is 5.02 Å². The molecule has 3 aromatic heterocycles. The molecule has 5 rings (SSSR count). The van der Waals surface area contributed by atoms with E-state index in [1.165, 1.54) is 18.2 Å². The molecule has 1 aliphatic heterocycles. The number of nitrogens with zero attached hydrogens (tertiary/aromatic N) is 4. The van der Waals surface area contributed by atoms with Gasteiger partial charge in [-0.25, -0.2) is 19.2 Å². The largest absolute Gasteiger partial charge is 0.472 e. The number of pyridine rings is 1. The molecule has 4 aromatic rings. The van der Waals surface area contributed by atoms with Gasteiger partial charge in [-0.1, -0.05) is 11.6 Å². The van der Waals surface area contributed by atoms with Crippen molar-refractivity contribution >= 4 is 34.5 Å². The number of amides is 2. The molecule has 2 amide bonds. The van der Waals surface area contributed by atoms with Crippen LogP contribution in [0.5, 0.6) is 0 Å². The number of hydrogen-bond donors (Lipinski definition) is 1. The number of urea groups is 1. The average Bonchev–Trinajstić information content (AvgIpc) is 3.49. The third kappa shape index (κ3) is 3.29. The molecule has 1 aliphatic rings. The minimum atomic E-state index is -0.526. The molecule has 0 radical (unpaired) electrons. The van der Waals surface area contributed by atoms with Gasteiger partial charge in [0.1, 0.15) is 23.4 Å². The van der Waals surface area contributed by atoms with Crippen LogP contribution >= 0.6 is 11.6 Å². The van der Waals surface area contributed by atoms with E-state index >= 15 is 0 Å². The van der Waals surface area contributed by atoms with Crippen LogP contribution in [0.3, 0.4) is 0 Å². The molecule has 0 aliphatic carbocycles. The Morgan fingerprint density at radius 3 is 3.00 bits per heavy atom. The number of hydrogen-bond acceptors (Lipinski definition) is 4. The van der Waals surface area contributed by atoms with Gasteiger partial charge in [0, 0.05) is 25.0 Å². The number of benzene rings is 1. The minimum absolute atomic E-state index is 0.0114. The second kappa shape index (κ2) is 7.46. The Morgan fingerprint density at radius 1 is 1.30 bits per heavy atom. The maximum atomic E-state index is 13.4. The van der Waals surface area contributed by atoms with E-state index in [0.717, 1.165) is 29.0 Å². The van der Waals surface area contributed by atoms with Crippen LogP contribution in [0.1, 0.15) is 12.5 Å². The van der Waals surface area contributed by atoms with Crippen molar-refractivity contribution in [3.05, 3.63) is 66.0 Å². The van der Waals surface area contributed by atoms with Gasteiger partial charge < -0.3 is 19.2 Å². The van der Waals surface area contributed by atoms with E-state index in [2.05, 4.69) is 14.9 Å². The van der Waals surface area contributed by atoms with Gasteiger partial charge in [-0.15, -0.1) is 0 Å². The van der Waals surface area contributed by atoms with E-state index in [1.54, 1.807) is 23.6 Å². The quantitative estimate of drug-likeness (QED) is 0.503. The van der Waals surface area contributed by atoms with Gasteiger partial charge in [0.2, 0.25) is 0 Å². The van der Waals surface area contributed by atoms with E-state index in [9.17, 15) is 9.18 Å². The second-order valence-corrected chi connectivity index (χ2v) is 7.52. The molecule has 1 fully saturated rings. The summed E-state index contributed by atoms with van der Waals surface area (Å²) in [5.41, 5.74) is 2.87. The number of imidazole rings is 1. The molecule has 152 valence electrons. The summed E-state index contributed by atoms with van der Waals surface area (Å²) < 4.78 is 20.7. The third-order valence-electron chi connectivity index (χ3n) is 5.21. The lowest BCUT2D eigenvalue weighted by Gasteiger charge is -2.19. The molecule has 7 nitrogen and oxygen atoms in total. The number of anilines is 1. The van der Waals surface area contributed by atoms with Crippen LogP contribution in [0, 0.1) is 5.82 Å². The number of halogens is 2. The first-order valence-electron chi connectivity index (χ1n) is 9.46. The topological polar surface area (TPSA) is 76.2 Å². The fourth-order valence-electron chi connectivity index (χ4n) is 3.78. The predicted octanol–water partition coefficient (Wildman–Crippen LogP) is 4.96. The van der Waals surface area contributed by atoms with Crippen LogP contribution in [0.4, 0.5) is 14.9 Å². The number of aromatic nitrogens is 3. The summed E-state index contributed by atoms with van der Waals surface area (Å²) in [6, 6.07) is 9.48. The van der Waals surface area contributed by atoms with Crippen molar-refractivity contribution < 1.29 is 13.6 Å². The fraction of sp³-hybridized carbons (Fsp3) is 0.190. The normalized spacial score (nSPS) is 16.3. The zero-order chi connectivity index (χ0) is 20.7. The smallest absolute Gasteiger partial charge is 0.321 e. The summed E-state index contributed by atoms with van der Waals surface area (Å²) in [5.74, 6) is 0.234. The zero-order valence-electron chi connectivity index (χ0n) is 15.8. The minimum Gasteiger partial charge on any atom is -0.472 e. The van der Waals surface area contributed by atoms with Crippen molar-refractivity contribution in [1.82, 2.24) is 19.4 Å². The van der Waals surface area contributed by atoms with Gasteiger partial charge in [0.25, 0.3) is 0 Å². The van der Waals surface area contributed by atoms with Gasteiger partial charge in [-0.05, 0) is 42.8 Å². The summed E-state index contributed by atoms with van der Waals surface area (Å²) in [6.45, 7) is 1.07. The maximum absolute atomic E-state index is 13.4. The number of carbonyl (C=O) groups is 1. The molecule has 30 heavy (non-hydrogen) atoms. The predicted molar refractivity (Wildman–Crippen MR) is 111 cm³/mol. The van der Waals surface area contributed by atoms with Crippen molar-refractivity contribution in [2.45, 2.75) is 12.5 Å². The van der Waals surface area contributed by atoms with Crippen LogP contribution in [0.15, 0.2) is 59.5 Å². The zero-order valence-corrected chi connectivity index (χ0v) is 16.5. The Hall–Kier alpha value is -3.39. The number of furan rings is 1. The van der Waals surface area contributed by atoms with Crippen LogP contribution in [-0.4, -0.2) is 38.6 Å². The molecule has 0 spiro atoms. The van der Waals surface area contributed by atoms with Crippen molar-refractivity contribution in [3.8, 4) is 11.4 Å². The molecule has 0 saturated carbocycles. The summed E-state index contributed by atoms with van der Waals surface area (Å²) >= 11 is 5.80. The number of nitrogens with one attached hydrogen (secondary N) is 1. The number of carbonyl (C=O) groups excluding carboxylic acids is 1. The number of fused-ring (bicyclic) bond motifs is 1. The van der Waals surface area contributed by atoms with Crippen LogP contribution < -0.4 is 5.32 Å². The Morgan fingerprint density at radius 2 is 2.20 bits per heavy atom. The Kier molecular flexibility index (Phi) is 4.63. The van der Waals surface area contributed by atoms with Gasteiger partial charge in [-0.3, -0.25) is 0 Å². The molecule has 1 saturated heterocycles. The summed E-state index contributed by atoms with van der Waals surface area (Å²) in [4.78, 5) is 23.7. The average molecular weight is 426 g/mol. The third-order valence-corrected chi connectivity index (χ3v) is 5.50. The first kappa shape index (κ1) is 18.6. The van der Waals surface area contributed by atoms with Crippen molar-refractivity contribution in [1.29, 1.82) is 0 Å². The molecular weight excluding hydrogens is 409 g/mol. The van der Waals surface area contributed by atoms with E-state index in [4.69, 9.17) is 21.0 Å². The number of rotatable bonds is 3. The van der Waals surface area contributed by atoms with E-state index in [0.29, 0.717) is 18.8 Å². The highest BCUT2D eigenvalue weighted by Gasteiger charge is 2.31. The monoisotopic (exact) mass is 425 g/mol. The number of likely N-dealkylation sites (tertiary alicyclic amines) is 1. The molecular formula is C21H17ClFN5O2. The lowest BCUT2D eigenvalue weighted by Crippen LogP contribution is -2.33. The van der Waals surface area contributed by atoms with Gasteiger partial charge in [0.15, 0.2) is 5.65 Å². The van der Waals surface area contributed by atoms with E-state index in [-0.39, 0.29) is 17.1 Å².